The lowest BCUT2D eigenvalue weighted by Crippen LogP contribution is -2.22. The van der Waals surface area contributed by atoms with Gasteiger partial charge in [-0.2, -0.15) is 5.10 Å². The molecule has 2 saturated carbocycles. The van der Waals surface area contributed by atoms with Gasteiger partial charge in [-0.3, -0.25) is 10.1 Å². The van der Waals surface area contributed by atoms with Crippen molar-refractivity contribution in [1.82, 2.24) is 9.78 Å². The fraction of sp³-hybridized carbons (Fsp3) is 0.769. The van der Waals surface area contributed by atoms with Crippen molar-refractivity contribution in [2.45, 2.75) is 51.5 Å². The summed E-state index contributed by atoms with van der Waals surface area (Å²) in [6.45, 7) is 1.66. The van der Waals surface area contributed by atoms with E-state index in [-0.39, 0.29) is 17.5 Å². The Morgan fingerprint density at radius 3 is 2.63 bits per heavy atom. The zero-order valence-electron chi connectivity index (χ0n) is 11.2. The van der Waals surface area contributed by atoms with Crippen LogP contribution >= 0.6 is 0 Å². The van der Waals surface area contributed by atoms with Crippen LogP contribution in [0, 0.1) is 28.9 Å². The Kier molecular flexibility index (Phi) is 2.95. The molecule has 0 spiro atoms. The number of nitrogen functional groups attached to an aromatic ring is 1. The first-order chi connectivity index (χ1) is 9.08. The highest BCUT2D eigenvalue weighted by atomic mass is 16.6. The van der Waals surface area contributed by atoms with E-state index in [9.17, 15) is 10.1 Å². The number of hydrogen-bond donors (Lipinski definition) is 1. The molecule has 3 rings (SSSR count). The maximum atomic E-state index is 11.0. The summed E-state index contributed by atoms with van der Waals surface area (Å²) in [5.41, 5.74) is 6.34. The third-order valence-electron chi connectivity index (χ3n) is 4.59. The summed E-state index contributed by atoms with van der Waals surface area (Å²) in [5, 5.41) is 15.3. The number of anilines is 1. The van der Waals surface area contributed by atoms with Gasteiger partial charge in [0.2, 0.25) is 5.82 Å². The van der Waals surface area contributed by atoms with Gasteiger partial charge in [-0.15, -0.1) is 0 Å². The summed E-state index contributed by atoms with van der Waals surface area (Å²) in [6, 6.07) is 0.242. The van der Waals surface area contributed by atoms with Crippen molar-refractivity contribution in [2.24, 2.45) is 11.8 Å². The van der Waals surface area contributed by atoms with Crippen molar-refractivity contribution in [3.63, 3.8) is 0 Å². The van der Waals surface area contributed by atoms with Crippen molar-refractivity contribution in [1.29, 1.82) is 0 Å². The molecule has 2 unspecified atom stereocenters. The number of rotatable bonds is 3. The Hall–Kier alpha value is -1.59. The lowest BCUT2D eigenvalue weighted by molar-refractivity contribution is -0.384. The van der Waals surface area contributed by atoms with Gasteiger partial charge in [0, 0.05) is 0 Å². The van der Waals surface area contributed by atoms with Crippen molar-refractivity contribution < 1.29 is 4.92 Å². The molecule has 104 valence electrons. The molecule has 1 heterocycles. The Bertz CT molecular complexity index is 507. The number of aromatic nitrogens is 2. The smallest absolute Gasteiger partial charge is 0.333 e. The van der Waals surface area contributed by atoms with Gasteiger partial charge in [0.15, 0.2) is 0 Å². The second-order valence-corrected chi connectivity index (χ2v) is 5.94. The maximum absolute atomic E-state index is 11.0. The number of nitro groups is 1. The van der Waals surface area contributed by atoms with Crippen LogP contribution in [0.5, 0.6) is 0 Å². The van der Waals surface area contributed by atoms with Gasteiger partial charge >= 0.3 is 5.69 Å². The standard InChI is InChI=1S/C13H20N4O2/c1-8-12(17(18)19)13(14)16(15-8)11-4-2-3-10(7-11)9-5-6-9/h9-11H,2-7,14H2,1H3. The fourth-order valence-electron chi connectivity index (χ4n) is 3.48. The van der Waals surface area contributed by atoms with Gasteiger partial charge in [0.05, 0.1) is 11.0 Å². The summed E-state index contributed by atoms with van der Waals surface area (Å²) in [6.07, 6.45) is 7.29. The molecule has 0 amide bonds. The fourth-order valence-corrected chi connectivity index (χ4v) is 3.48. The molecular weight excluding hydrogens is 244 g/mol. The maximum Gasteiger partial charge on any atom is 0.333 e. The second-order valence-electron chi connectivity index (χ2n) is 5.94. The van der Waals surface area contributed by atoms with E-state index in [2.05, 4.69) is 5.10 Å². The van der Waals surface area contributed by atoms with Crippen LogP contribution in [0.15, 0.2) is 0 Å². The van der Waals surface area contributed by atoms with Gasteiger partial charge in [-0.25, -0.2) is 4.68 Å². The van der Waals surface area contributed by atoms with E-state index in [0.29, 0.717) is 5.69 Å². The van der Waals surface area contributed by atoms with Gasteiger partial charge in [0.25, 0.3) is 0 Å². The van der Waals surface area contributed by atoms with E-state index >= 15 is 0 Å². The normalized spacial score (nSPS) is 27.4. The molecule has 1 aromatic heterocycles. The molecule has 19 heavy (non-hydrogen) atoms. The van der Waals surface area contributed by atoms with Crippen molar-refractivity contribution in [3.05, 3.63) is 15.8 Å². The minimum Gasteiger partial charge on any atom is -0.378 e. The van der Waals surface area contributed by atoms with Crippen LogP contribution in [0.2, 0.25) is 0 Å². The average molecular weight is 264 g/mol. The highest BCUT2D eigenvalue weighted by molar-refractivity contribution is 5.56. The minimum absolute atomic E-state index is 0.0199. The van der Waals surface area contributed by atoms with Gasteiger partial charge in [0.1, 0.15) is 5.69 Å². The third-order valence-corrected chi connectivity index (χ3v) is 4.59. The molecule has 6 heteroatoms. The first-order valence-corrected chi connectivity index (χ1v) is 7.07. The highest BCUT2D eigenvalue weighted by Gasteiger charge is 2.37. The predicted octanol–water partition coefficient (Wildman–Crippen LogP) is 2.82. The van der Waals surface area contributed by atoms with E-state index in [4.69, 9.17) is 5.73 Å². The molecule has 0 radical (unpaired) electrons. The number of aryl methyl sites for hydroxylation is 1. The van der Waals surface area contributed by atoms with E-state index in [1.807, 2.05) is 0 Å². The lowest BCUT2D eigenvalue weighted by atomic mass is 9.83. The van der Waals surface area contributed by atoms with Gasteiger partial charge in [-0.1, -0.05) is 12.8 Å². The molecule has 0 aliphatic heterocycles. The molecule has 0 aromatic carbocycles. The molecule has 2 N–H and O–H groups in total. The minimum atomic E-state index is -0.421. The van der Waals surface area contributed by atoms with Crippen LogP contribution in [0.4, 0.5) is 11.5 Å². The van der Waals surface area contributed by atoms with Crippen molar-refractivity contribution >= 4 is 11.5 Å². The first-order valence-electron chi connectivity index (χ1n) is 7.07. The van der Waals surface area contributed by atoms with E-state index in [1.165, 1.54) is 25.7 Å². The largest absolute Gasteiger partial charge is 0.378 e. The molecule has 0 bridgehead atoms. The van der Waals surface area contributed by atoms with Crippen LogP contribution in [-0.2, 0) is 0 Å². The topological polar surface area (TPSA) is 87.0 Å². The van der Waals surface area contributed by atoms with Crippen LogP contribution in [0.25, 0.3) is 0 Å². The van der Waals surface area contributed by atoms with Gasteiger partial charge < -0.3 is 5.73 Å². The van der Waals surface area contributed by atoms with Gasteiger partial charge in [-0.05, 0) is 44.4 Å². The molecule has 2 aliphatic carbocycles. The number of nitrogens with two attached hydrogens (primary N) is 1. The van der Waals surface area contributed by atoms with Crippen LogP contribution in [0.3, 0.4) is 0 Å². The Morgan fingerprint density at radius 2 is 2.05 bits per heavy atom. The van der Waals surface area contributed by atoms with Crippen LogP contribution in [0.1, 0.15) is 50.3 Å². The SMILES string of the molecule is Cc1nn(C2CCCC(C3CC3)C2)c(N)c1[N+](=O)[O-]. The van der Waals surface area contributed by atoms with Crippen molar-refractivity contribution in [3.8, 4) is 0 Å². The molecular formula is C13H20N4O2. The summed E-state index contributed by atoms with van der Waals surface area (Å²) in [7, 11) is 0. The average Bonchev–Trinajstić information content (AvgIpc) is 3.16. The third kappa shape index (κ3) is 2.19. The first kappa shape index (κ1) is 12.4. The molecule has 2 fully saturated rings. The molecule has 1 aromatic rings. The number of nitrogens with zero attached hydrogens (tertiary/aromatic N) is 3. The monoisotopic (exact) mass is 264 g/mol. The molecule has 0 saturated heterocycles. The molecule has 2 aliphatic rings. The predicted molar refractivity (Wildman–Crippen MR) is 71.7 cm³/mol. The quantitative estimate of drug-likeness (QED) is 0.671. The Balaban J connectivity index is 1.85. The molecule has 6 nitrogen and oxygen atoms in total. The van der Waals surface area contributed by atoms with Crippen molar-refractivity contribution in [2.75, 3.05) is 5.73 Å². The molecule has 2 atom stereocenters. The highest BCUT2D eigenvalue weighted by Crippen LogP contribution is 2.47. The van der Waals surface area contributed by atoms with Crippen LogP contribution < -0.4 is 5.73 Å². The van der Waals surface area contributed by atoms with E-state index in [1.54, 1.807) is 11.6 Å². The summed E-state index contributed by atoms with van der Waals surface area (Å²) in [5.74, 6) is 1.88. The Morgan fingerprint density at radius 1 is 1.32 bits per heavy atom. The zero-order chi connectivity index (χ0) is 13.6. The van der Waals surface area contributed by atoms with E-state index < -0.39 is 4.92 Å². The second kappa shape index (κ2) is 4.51. The summed E-state index contributed by atoms with van der Waals surface area (Å²) < 4.78 is 1.71. The Labute approximate surface area is 112 Å². The zero-order valence-corrected chi connectivity index (χ0v) is 11.2. The number of hydrogen-bond acceptors (Lipinski definition) is 4. The van der Waals surface area contributed by atoms with Crippen LogP contribution in [-0.4, -0.2) is 14.7 Å². The summed E-state index contributed by atoms with van der Waals surface area (Å²) >= 11 is 0. The summed E-state index contributed by atoms with van der Waals surface area (Å²) in [4.78, 5) is 10.6. The lowest BCUT2D eigenvalue weighted by Gasteiger charge is -2.29. The van der Waals surface area contributed by atoms with E-state index in [0.717, 1.165) is 24.7 Å².